The van der Waals surface area contributed by atoms with Crippen molar-refractivity contribution >= 4 is 34.6 Å². The molecule has 5 aromatic rings. The zero-order valence-corrected chi connectivity index (χ0v) is 32.5. The first kappa shape index (κ1) is 37.9. The maximum Gasteiger partial charge on any atom is 0.253 e. The predicted octanol–water partition coefficient (Wildman–Crippen LogP) is 6.23. The molecule has 2 aromatic heterocycles. The summed E-state index contributed by atoms with van der Waals surface area (Å²) in [6.45, 7) is 2.27. The van der Waals surface area contributed by atoms with Gasteiger partial charge in [0.15, 0.2) is 37.9 Å². The number of nitrogens with zero attached hydrogens (tertiary/aromatic N) is 8. The van der Waals surface area contributed by atoms with Crippen LogP contribution in [0, 0.1) is 12.1 Å². The zero-order valence-electron chi connectivity index (χ0n) is 26.6. The monoisotopic (exact) mass is 978 g/mol. The second-order valence-electron chi connectivity index (χ2n) is 10.5. The Morgan fingerprint density at radius 2 is 0.812 bits per heavy atom. The fraction of sp³-hybridized carbons (Fsp3) is 0.167. The summed E-state index contributed by atoms with van der Waals surface area (Å²) in [5.74, 6) is -0.222. The van der Waals surface area contributed by atoms with Gasteiger partial charge in [-0.25, -0.2) is 9.13 Å². The maximum absolute atomic E-state index is 13.0. The fourth-order valence-electron chi connectivity index (χ4n) is 4.38. The van der Waals surface area contributed by atoms with E-state index in [0.29, 0.717) is 37.3 Å². The van der Waals surface area contributed by atoms with Crippen molar-refractivity contribution in [3.05, 3.63) is 145 Å². The molecule has 0 bridgehead atoms. The molecule has 0 aliphatic heterocycles. The Morgan fingerprint density at radius 3 is 1.12 bits per heavy atom. The van der Waals surface area contributed by atoms with E-state index in [9.17, 15) is 9.59 Å². The van der Waals surface area contributed by atoms with Crippen LogP contribution >= 0.6 is 0 Å². The largest absolute Gasteiger partial charge is 0.335 e. The number of hydrogen-bond donors (Lipinski definition) is 0. The van der Waals surface area contributed by atoms with Gasteiger partial charge in [0, 0.05) is 91.6 Å². The Bertz CT molecular complexity index is 1650. The summed E-state index contributed by atoms with van der Waals surface area (Å²) in [6, 6.07) is 34.8. The number of rotatable bonds is 12. The van der Waals surface area contributed by atoms with E-state index in [-0.39, 0.29) is 53.9 Å². The Hall–Kier alpha value is -4.52. The first-order valence-corrected chi connectivity index (χ1v) is 14.8. The minimum Gasteiger partial charge on any atom is -0.335 e. The summed E-state index contributed by atoms with van der Waals surface area (Å²) in [6.07, 6.45) is 7.64. The van der Waals surface area contributed by atoms with Gasteiger partial charge in [-0.1, -0.05) is 0 Å². The normalized spacial score (nSPS) is 10.7. The molecule has 3 aromatic carbocycles. The minimum absolute atomic E-state index is 0. The molecule has 2 amide bonds. The van der Waals surface area contributed by atoms with E-state index in [1.165, 1.54) is 0 Å². The van der Waals surface area contributed by atoms with Gasteiger partial charge in [-0.2, -0.15) is 56.9 Å². The number of amides is 2. The number of hydrogen-bond acceptors (Lipinski definition) is 6. The molecule has 242 valence electrons. The van der Waals surface area contributed by atoms with Crippen molar-refractivity contribution in [2.45, 2.75) is 13.1 Å². The third kappa shape index (κ3) is 11.3. The summed E-state index contributed by atoms with van der Waals surface area (Å²) in [5.41, 5.74) is 4.06. The molecular formula is C36H34N8O2W2. The van der Waals surface area contributed by atoms with Crippen LogP contribution in [0.15, 0.2) is 142 Å². The van der Waals surface area contributed by atoms with Crippen LogP contribution in [0.1, 0.15) is 20.7 Å². The van der Waals surface area contributed by atoms with Crippen molar-refractivity contribution in [2.75, 3.05) is 27.2 Å². The molecule has 0 saturated carbocycles. The van der Waals surface area contributed by atoms with Gasteiger partial charge in [0.05, 0.1) is 24.5 Å². The smallest absolute Gasteiger partial charge is 0.253 e. The van der Waals surface area contributed by atoms with Crippen LogP contribution in [0.3, 0.4) is 0 Å². The van der Waals surface area contributed by atoms with Crippen LogP contribution in [0.4, 0.5) is 22.7 Å². The molecule has 0 spiro atoms. The summed E-state index contributed by atoms with van der Waals surface area (Å²) in [7, 11) is 3.54. The van der Waals surface area contributed by atoms with Gasteiger partial charge in [0.2, 0.25) is 0 Å². The minimum atomic E-state index is -0.111. The van der Waals surface area contributed by atoms with Gasteiger partial charge in [0.25, 0.3) is 11.8 Å². The van der Waals surface area contributed by atoms with Gasteiger partial charge >= 0.3 is 0 Å². The van der Waals surface area contributed by atoms with Crippen molar-refractivity contribution in [1.82, 2.24) is 9.80 Å². The molecule has 10 nitrogen and oxygen atoms in total. The van der Waals surface area contributed by atoms with E-state index >= 15 is 0 Å². The van der Waals surface area contributed by atoms with Crippen molar-refractivity contribution in [3.8, 4) is 0 Å². The Morgan fingerprint density at radius 1 is 0.521 bits per heavy atom. The third-order valence-corrected chi connectivity index (χ3v) is 7.17. The molecule has 48 heavy (non-hydrogen) atoms. The van der Waals surface area contributed by atoms with Crippen LogP contribution < -0.4 is 9.13 Å². The number of pyridine rings is 2. The number of benzene rings is 3. The molecule has 12 heteroatoms. The molecule has 0 aliphatic rings. The predicted molar refractivity (Wildman–Crippen MR) is 173 cm³/mol. The molecule has 2 heterocycles. The second-order valence-corrected chi connectivity index (χ2v) is 10.5. The van der Waals surface area contributed by atoms with Crippen LogP contribution in [0.2, 0.25) is 0 Å². The van der Waals surface area contributed by atoms with E-state index in [0.717, 1.165) is 22.7 Å². The molecule has 0 unspecified atom stereocenters. The maximum atomic E-state index is 13.0. The average Bonchev–Trinajstić information content (AvgIpc) is 3.12. The van der Waals surface area contributed by atoms with Crippen molar-refractivity contribution in [3.63, 3.8) is 0 Å². The number of carbonyl (C=O) groups excluding carboxylic acids is 2. The Balaban J connectivity index is 0.00000312. The van der Waals surface area contributed by atoms with Crippen LogP contribution in [0.5, 0.6) is 0 Å². The molecule has 0 saturated heterocycles. The number of likely N-dealkylation sites (N-methyl/N-ethyl adjacent to an activating group) is 2. The molecule has 0 radical (unpaired) electrons. The average molecular weight is 978 g/mol. The fourth-order valence-corrected chi connectivity index (χ4v) is 4.38. The summed E-state index contributed by atoms with van der Waals surface area (Å²) < 4.78 is 3.97. The van der Waals surface area contributed by atoms with Crippen LogP contribution in [0.25, 0.3) is 0 Å². The topological polar surface area (TPSA) is 97.8 Å². The number of azo groups is 2. The second kappa shape index (κ2) is 19.3. The van der Waals surface area contributed by atoms with Gasteiger partial charge < -0.3 is 9.80 Å². The van der Waals surface area contributed by atoms with E-state index in [1.807, 2.05) is 82.5 Å². The van der Waals surface area contributed by atoms with Crippen molar-refractivity contribution in [1.29, 1.82) is 0 Å². The van der Waals surface area contributed by atoms with Crippen molar-refractivity contribution in [2.24, 2.45) is 20.5 Å². The van der Waals surface area contributed by atoms with Crippen molar-refractivity contribution < 1.29 is 60.9 Å². The zero-order chi connectivity index (χ0) is 32.1. The Labute approximate surface area is 309 Å². The Kier molecular flexibility index (Phi) is 15.3. The number of aromatic nitrogens is 2. The van der Waals surface area contributed by atoms with E-state index in [2.05, 4.69) is 32.6 Å². The summed E-state index contributed by atoms with van der Waals surface area (Å²) >= 11 is 0. The SMILES string of the molecule is CN(CC[n+]1ccc(N=Nc2cc[c-]cc2)cc1)C(=O)c1ccc(C(=O)N(C)CC[n+]2ccc(N=Nc3cc[c-]cc3)cc2)cc1.[W].[W]. The van der Waals surface area contributed by atoms with Gasteiger partial charge in [-0.05, 0) is 35.6 Å². The molecule has 0 atom stereocenters. The molecule has 5 rings (SSSR count). The van der Waals surface area contributed by atoms with E-state index < -0.39 is 0 Å². The molecule has 0 aliphatic carbocycles. The number of carbonyl (C=O) groups is 2. The summed E-state index contributed by atoms with van der Waals surface area (Å²) in [5, 5.41) is 16.9. The van der Waals surface area contributed by atoms with Crippen LogP contribution in [-0.4, -0.2) is 48.8 Å². The molecular weight excluding hydrogens is 944 g/mol. The third-order valence-electron chi connectivity index (χ3n) is 7.17. The quantitative estimate of drug-likeness (QED) is 0.0843. The van der Waals surface area contributed by atoms with E-state index in [4.69, 9.17) is 0 Å². The first-order chi connectivity index (χ1) is 22.4. The standard InChI is InChI=1S/C36H34N8O2.2W/c1-41(25-27-43-21-17-33(18-22-43)39-37-31-9-5-3-6-10-31)35(45)29-13-15-30(16-14-29)36(46)42(2)26-28-44-23-19-34(20-24-44)40-38-32-11-7-4-8-12-32;;/h5-24H,25-28H2,1-2H3;;. The molecule has 0 fully saturated rings. The summed E-state index contributed by atoms with van der Waals surface area (Å²) in [4.78, 5) is 29.4. The van der Waals surface area contributed by atoms with E-state index in [1.54, 1.807) is 72.4 Å². The molecule has 0 N–H and O–H groups in total. The van der Waals surface area contributed by atoms with Gasteiger partial charge in [0.1, 0.15) is 0 Å². The van der Waals surface area contributed by atoms with Crippen LogP contribution in [-0.2, 0) is 55.2 Å². The first-order valence-electron chi connectivity index (χ1n) is 14.8. The van der Waals surface area contributed by atoms with Gasteiger partial charge in [-0.15, -0.1) is 24.3 Å². The van der Waals surface area contributed by atoms with Gasteiger partial charge in [-0.3, -0.25) is 9.59 Å².